The van der Waals surface area contributed by atoms with Crippen molar-refractivity contribution < 1.29 is 4.79 Å². The first-order valence-corrected chi connectivity index (χ1v) is 10.0. The molecule has 1 aliphatic carbocycles. The van der Waals surface area contributed by atoms with E-state index in [0.29, 0.717) is 6.42 Å². The molecule has 0 saturated carbocycles. The SMILES string of the molecule is O=C1Cc2ccc3ccccc3c2-c2ccc3ccc4cccc5cc1c2c3c45. The van der Waals surface area contributed by atoms with Crippen LogP contribution in [0.2, 0.25) is 0 Å². The summed E-state index contributed by atoms with van der Waals surface area (Å²) in [5, 5.41) is 9.63. The molecule has 0 aromatic heterocycles. The van der Waals surface area contributed by atoms with Crippen molar-refractivity contribution in [3.05, 3.63) is 96.1 Å². The van der Waals surface area contributed by atoms with Gasteiger partial charge in [-0.05, 0) is 60.5 Å². The van der Waals surface area contributed by atoms with Gasteiger partial charge in [-0.2, -0.15) is 0 Å². The van der Waals surface area contributed by atoms with E-state index in [-0.39, 0.29) is 5.78 Å². The molecule has 7 rings (SSSR count). The van der Waals surface area contributed by atoms with Gasteiger partial charge >= 0.3 is 0 Å². The summed E-state index contributed by atoms with van der Waals surface area (Å²) >= 11 is 0. The smallest absolute Gasteiger partial charge is 0.167 e. The Kier molecular flexibility index (Phi) is 2.74. The number of rotatable bonds is 0. The Bertz CT molecular complexity index is 1640. The number of carbonyl (C=O) groups is 1. The Balaban J connectivity index is 1.80. The molecule has 0 spiro atoms. The van der Waals surface area contributed by atoms with E-state index in [4.69, 9.17) is 0 Å². The maximum absolute atomic E-state index is 13.4. The van der Waals surface area contributed by atoms with Crippen molar-refractivity contribution in [1.82, 2.24) is 0 Å². The van der Waals surface area contributed by atoms with Crippen LogP contribution in [0, 0.1) is 0 Å². The molecule has 0 unspecified atom stereocenters. The Morgan fingerprint density at radius 1 is 0.552 bits per heavy atom. The highest BCUT2D eigenvalue weighted by molar-refractivity contribution is 6.31. The summed E-state index contributed by atoms with van der Waals surface area (Å²) in [4.78, 5) is 13.4. The predicted octanol–water partition coefficient (Wildman–Crippen LogP) is 7.14. The van der Waals surface area contributed by atoms with Crippen LogP contribution in [0.5, 0.6) is 0 Å². The van der Waals surface area contributed by atoms with Gasteiger partial charge in [0.25, 0.3) is 0 Å². The second-order valence-corrected chi connectivity index (χ2v) is 8.08. The average Bonchev–Trinajstić information content (AvgIpc) is 2.89. The minimum Gasteiger partial charge on any atom is -0.294 e. The zero-order chi connectivity index (χ0) is 19.1. The van der Waals surface area contributed by atoms with Gasteiger partial charge in [-0.3, -0.25) is 4.79 Å². The highest BCUT2D eigenvalue weighted by Crippen LogP contribution is 2.45. The molecule has 134 valence electrons. The molecule has 0 fully saturated rings. The topological polar surface area (TPSA) is 17.1 Å². The summed E-state index contributed by atoms with van der Waals surface area (Å²) in [7, 11) is 0. The van der Waals surface area contributed by atoms with Gasteiger partial charge in [0.15, 0.2) is 5.78 Å². The van der Waals surface area contributed by atoms with Crippen LogP contribution < -0.4 is 0 Å². The Morgan fingerprint density at radius 3 is 2.21 bits per heavy atom. The van der Waals surface area contributed by atoms with Crippen molar-refractivity contribution in [3.63, 3.8) is 0 Å². The molecule has 1 aliphatic rings. The molecule has 29 heavy (non-hydrogen) atoms. The van der Waals surface area contributed by atoms with E-state index in [1.54, 1.807) is 0 Å². The van der Waals surface area contributed by atoms with Gasteiger partial charge in [-0.1, -0.05) is 78.9 Å². The summed E-state index contributed by atoms with van der Waals surface area (Å²) in [6.07, 6.45) is 0.445. The number of hydrogen-bond donors (Lipinski definition) is 0. The molecule has 6 aromatic carbocycles. The van der Waals surface area contributed by atoms with Crippen LogP contribution in [-0.2, 0) is 6.42 Å². The van der Waals surface area contributed by atoms with E-state index in [2.05, 4.69) is 84.9 Å². The molecule has 0 radical (unpaired) electrons. The van der Waals surface area contributed by atoms with Gasteiger partial charge < -0.3 is 0 Å². The molecule has 0 heterocycles. The van der Waals surface area contributed by atoms with E-state index in [0.717, 1.165) is 21.9 Å². The monoisotopic (exact) mass is 368 g/mol. The third-order valence-corrected chi connectivity index (χ3v) is 6.56. The number of fused-ring (bicyclic) bond motifs is 4. The van der Waals surface area contributed by atoms with Gasteiger partial charge in [0, 0.05) is 17.4 Å². The number of carbonyl (C=O) groups excluding carboxylic acids is 1. The highest BCUT2D eigenvalue weighted by Gasteiger charge is 2.25. The largest absolute Gasteiger partial charge is 0.294 e. The van der Waals surface area contributed by atoms with Crippen LogP contribution in [0.3, 0.4) is 0 Å². The van der Waals surface area contributed by atoms with Gasteiger partial charge in [0.05, 0.1) is 0 Å². The fourth-order valence-electron chi connectivity index (χ4n) is 5.33. The summed E-state index contributed by atoms with van der Waals surface area (Å²) < 4.78 is 0. The van der Waals surface area contributed by atoms with Crippen molar-refractivity contribution in [2.24, 2.45) is 0 Å². The minimum absolute atomic E-state index is 0.208. The number of benzene rings is 6. The van der Waals surface area contributed by atoms with E-state index in [1.165, 1.54) is 43.4 Å². The van der Waals surface area contributed by atoms with Crippen LogP contribution in [0.4, 0.5) is 0 Å². The quantitative estimate of drug-likeness (QED) is 0.260. The first-order valence-electron chi connectivity index (χ1n) is 10.0. The molecule has 0 aliphatic heterocycles. The molecule has 0 amide bonds. The third kappa shape index (κ3) is 1.87. The van der Waals surface area contributed by atoms with E-state index in [1.807, 2.05) is 0 Å². The fourth-order valence-corrected chi connectivity index (χ4v) is 5.33. The molecule has 1 heteroatoms. The third-order valence-electron chi connectivity index (χ3n) is 6.56. The lowest BCUT2D eigenvalue weighted by Crippen LogP contribution is -2.03. The lowest BCUT2D eigenvalue weighted by molar-refractivity contribution is 0.0995. The van der Waals surface area contributed by atoms with Crippen LogP contribution in [0.1, 0.15) is 15.9 Å². The molecular formula is C28H16O. The summed E-state index contributed by atoms with van der Waals surface area (Å²) in [5.74, 6) is 0.208. The average molecular weight is 368 g/mol. The van der Waals surface area contributed by atoms with Crippen molar-refractivity contribution in [1.29, 1.82) is 0 Å². The standard InChI is InChI=1S/C28H16O/c29-24-15-20-11-8-16-4-1-2-7-21(16)26(20)22-13-12-18-10-9-17-5-3-6-19-14-23(24)28(22)27(18)25(17)19/h1-14H,15H2. The molecule has 0 atom stereocenters. The number of Topliss-reactive ketones (excluding diaryl/α,β-unsaturated/α-hetero) is 1. The molecule has 1 nitrogen and oxygen atoms in total. The van der Waals surface area contributed by atoms with Crippen LogP contribution in [-0.4, -0.2) is 5.78 Å². The second-order valence-electron chi connectivity index (χ2n) is 8.08. The van der Waals surface area contributed by atoms with Gasteiger partial charge in [0.2, 0.25) is 0 Å². The van der Waals surface area contributed by atoms with E-state index >= 15 is 0 Å². The lowest BCUT2D eigenvalue weighted by Gasteiger charge is -2.17. The zero-order valence-electron chi connectivity index (χ0n) is 15.7. The van der Waals surface area contributed by atoms with E-state index in [9.17, 15) is 4.79 Å². The maximum atomic E-state index is 13.4. The van der Waals surface area contributed by atoms with Crippen LogP contribution in [0.25, 0.3) is 54.2 Å². The summed E-state index contributed by atoms with van der Waals surface area (Å²) in [6.45, 7) is 0. The Morgan fingerprint density at radius 2 is 1.28 bits per heavy atom. The minimum atomic E-state index is 0.208. The maximum Gasteiger partial charge on any atom is 0.167 e. The van der Waals surface area contributed by atoms with Crippen molar-refractivity contribution in [2.75, 3.05) is 0 Å². The summed E-state index contributed by atoms with van der Waals surface area (Å²) in [5.41, 5.74) is 4.38. The van der Waals surface area contributed by atoms with Crippen molar-refractivity contribution in [3.8, 4) is 11.1 Å². The molecule has 0 bridgehead atoms. The normalized spacial score (nSPS) is 13.4. The van der Waals surface area contributed by atoms with Crippen LogP contribution >= 0.6 is 0 Å². The molecule has 0 saturated heterocycles. The van der Waals surface area contributed by atoms with Gasteiger partial charge in [-0.25, -0.2) is 0 Å². The molecule has 6 aromatic rings. The van der Waals surface area contributed by atoms with E-state index < -0.39 is 0 Å². The number of hydrogen-bond acceptors (Lipinski definition) is 1. The zero-order valence-corrected chi connectivity index (χ0v) is 15.7. The predicted molar refractivity (Wildman–Crippen MR) is 121 cm³/mol. The summed E-state index contributed by atoms with van der Waals surface area (Å²) in [6, 6.07) is 30.1. The molecule has 0 N–H and O–H groups in total. The van der Waals surface area contributed by atoms with Gasteiger partial charge in [0.1, 0.15) is 0 Å². The van der Waals surface area contributed by atoms with Gasteiger partial charge in [-0.15, -0.1) is 0 Å². The second kappa shape index (κ2) is 5.21. The Labute approximate surface area is 167 Å². The van der Waals surface area contributed by atoms with Crippen molar-refractivity contribution >= 4 is 48.9 Å². The highest BCUT2D eigenvalue weighted by atomic mass is 16.1. The van der Waals surface area contributed by atoms with Crippen molar-refractivity contribution in [2.45, 2.75) is 6.42 Å². The number of ketones is 1. The fraction of sp³-hybridized carbons (Fsp3) is 0.0357. The first kappa shape index (κ1) is 15.2. The first-order chi connectivity index (χ1) is 14.3. The Hall–Kier alpha value is -3.71. The molecular weight excluding hydrogens is 352 g/mol. The van der Waals surface area contributed by atoms with Crippen LogP contribution in [0.15, 0.2) is 84.9 Å². The lowest BCUT2D eigenvalue weighted by atomic mass is 9.86.